The van der Waals surface area contributed by atoms with E-state index in [0.29, 0.717) is 17.9 Å². The molecule has 0 atom stereocenters. The Bertz CT molecular complexity index is 1070. The van der Waals surface area contributed by atoms with Crippen LogP contribution in [0.3, 0.4) is 0 Å². The molecule has 2 aromatic carbocycles. The molecule has 154 valence electrons. The van der Waals surface area contributed by atoms with Gasteiger partial charge in [0, 0.05) is 50.6 Å². The number of nitrogens with zero attached hydrogens (tertiary/aromatic N) is 2. The second-order valence-corrected chi connectivity index (χ2v) is 7.40. The van der Waals surface area contributed by atoms with E-state index in [9.17, 15) is 9.59 Å². The number of benzene rings is 2. The molecule has 2 heterocycles. The Balaban J connectivity index is 1.54. The van der Waals surface area contributed by atoms with Gasteiger partial charge in [0.15, 0.2) is 5.75 Å². The number of carbonyl (C=O) groups is 1. The summed E-state index contributed by atoms with van der Waals surface area (Å²) in [6, 6.07) is 19.0. The first-order valence-electron chi connectivity index (χ1n) is 10.1. The Kier molecular flexibility index (Phi) is 5.95. The van der Waals surface area contributed by atoms with Crippen molar-refractivity contribution < 1.29 is 9.53 Å². The van der Waals surface area contributed by atoms with Gasteiger partial charge in [0.2, 0.25) is 0 Å². The van der Waals surface area contributed by atoms with Crippen LogP contribution in [0.15, 0.2) is 71.7 Å². The number of amides is 1. The number of hydrogen-bond donors (Lipinski definition) is 1. The molecule has 1 fully saturated rings. The lowest BCUT2D eigenvalue weighted by Crippen LogP contribution is -2.46. The summed E-state index contributed by atoms with van der Waals surface area (Å²) in [4.78, 5) is 27.0. The molecule has 6 heteroatoms. The van der Waals surface area contributed by atoms with Crippen molar-refractivity contribution in [2.24, 2.45) is 7.05 Å². The summed E-state index contributed by atoms with van der Waals surface area (Å²) in [5.41, 5.74) is 3.28. The number of aromatic nitrogens is 1. The van der Waals surface area contributed by atoms with Crippen LogP contribution in [0.5, 0.6) is 5.75 Å². The van der Waals surface area contributed by atoms with E-state index in [2.05, 4.69) is 5.32 Å². The van der Waals surface area contributed by atoms with Gasteiger partial charge in [-0.25, -0.2) is 0 Å². The molecule has 6 nitrogen and oxygen atoms in total. The molecular weight excluding hydrogens is 378 g/mol. The van der Waals surface area contributed by atoms with E-state index in [4.69, 9.17) is 4.74 Å². The minimum absolute atomic E-state index is 0.0513. The predicted molar refractivity (Wildman–Crippen MR) is 117 cm³/mol. The maximum Gasteiger partial charge on any atom is 0.292 e. The van der Waals surface area contributed by atoms with Crippen LogP contribution in [-0.2, 0) is 13.7 Å². The van der Waals surface area contributed by atoms with Crippen molar-refractivity contribution in [2.75, 3.05) is 26.2 Å². The van der Waals surface area contributed by atoms with Crippen molar-refractivity contribution >= 4 is 5.91 Å². The third kappa shape index (κ3) is 4.44. The van der Waals surface area contributed by atoms with Crippen molar-refractivity contribution in [1.29, 1.82) is 0 Å². The van der Waals surface area contributed by atoms with Gasteiger partial charge in [-0.15, -0.1) is 0 Å². The fourth-order valence-corrected chi connectivity index (χ4v) is 3.53. The second kappa shape index (κ2) is 8.97. The predicted octanol–water partition coefficient (Wildman–Crippen LogP) is 2.68. The van der Waals surface area contributed by atoms with E-state index in [1.54, 1.807) is 19.3 Å². The minimum atomic E-state index is -0.180. The fraction of sp³-hybridized carbons (Fsp3) is 0.250. The molecule has 0 aliphatic carbocycles. The van der Waals surface area contributed by atoms with Crippen LogP contribution in [0.4, 0.5) is 0 Å². The Labute approximate surface area is 175 Å². The first-order valence-corrected chi connectivity index (χ1v) is 10.1. The zero-order valence-electron chi connectivity index (χ0n) is 17.0. The van der Waals surface area contributed by atoms with Gasteiger partial charge in [-0.05, 0) is 29.3 Å². The van der Waals surface area contributed by atoms with E-state index in [1.165, 1.54) is 4.57 Å². The van der Waals surface area contributed by atoms with Crippen LogP contribution in [0, 0.1) is 0 Å². The van der Waals surface area contributed by atoms with Crippen molar-refractivity contribution in [3.05, 3.63) is 88.3 Å². The average molecular weight is 403 g/mol. The normalized spacial score (nSPS) is 13.8. The summed E-state index contributed by atoms with van der Waals surface area (Å²) < 4.78 is 7.33. The molecule has 1 aromatic heterocycles. The van der Waals surface area contributed by atoms with E-state index < -0.39 is 0 Å². The summed E-state index contributed by atoms with van der Waals surface area (Å²) in [5, 5.41) is 3.25. The highest BCUT2D eigenvalue weighted by molar-refractivity contribution is 5.94. The summed E-state index contributed by atoms with van der Waals surface area (Å²) >= 11 is 0. The Morgan fingerprint density at radius 3 is 2.40 bits per heavy atom. The van der Waals surface area contributed by atoms with Gasteiger partial charge in [0.1, 0.15) is 6.61 Å². The van der Waals surface area contributed by atoms with Crippen LogP contribution in [0.1, 0.15) is 15.9 Å². The quantitative estimate of drug-likeness (QED) is 0.712. The van der Waals surface area contributed by atoms with E-state index >= 15 is 0 Å². The zero-order valence-corrected chi connectivity index (χ0v) is 17.0. The lowest BCUT2D eigenvalue weighted by molar-refractivity contribution is 0.0736. The molecule has 0 saturated carbocycles. The van der Waals surface area contributed by atoms with Gasteiger partial charge in [0.05, 0.1) is 0 Å². The number of nitrogens with one attached hydrogen (secondary N) is 1. The molecule has 4 rings (SSSR count). The molecule has 1 aliphatic heterocycles. The number of ether oxygens (including phenoxy) is 1. The van der Waals surface area contributed by atoms with Crippen molar-refractivity contribution in [2.45, 2.75) is 6.61 Å². The van der Waals surface area contributed by atoms with Gasteiger partial charge < -0.3 is 19.5 Å². The van der Waals surface area contributed by atoms with Gasteiger partial charge in [-0.3, -0.25) is 9.59 Å². The summed E-state index contributed by atoms with van der Waals surface area (Å²) in [6.45, 7) is 3.44. The molecular formula is C24H25N3O3. The number of pyridine rings is 1. The van der Waals surface area contributed by atoms with Crippen molar-refractivity contribution in [3.63, 3.8) is 0 Å². The first-order chi connectivity index (χ1) is 14.6. The van der Waals surface area contributed by atoms with Crippen LogP contribution in [0.25, 0.3) is 11.1 Å². The van der Waals surface area contributed by atoms with Gasteiger partial charge >= 0.3 is 0 Å². The van der Waals surface area contributed by atoms with Crippen LogP contribution >= 0.6 is 0 Å². The second-order valence-electron chi connectivity index (χ2n) is 7.40. The Morgan fingerprint density at radius 1 is 1.00 bits per heavy atom. The van der Waals surface area contributed by atoms with E-state index in [-0.39, 0.29) is 11.5 Å². The molecule has 1 saturated heterocycles. The van der Waals surface area contributed by atoms with E-state index in [0.717, 1.165) is 42.9 Å². The highest BCUT2D eigenvalue weighted by Gasteiger charge is 2.18. The number of carbonyl (C=O) groups excluding carboxylic acids is 1. The smallest absolute Gasteiger partial charge is 0.292 e. The van der Waals surface area contributed by atoms with Crippen LogP contribution in [-0.4, -0.2) is 41.6 Å². The minimum Gasteiger partial charge on any atom is -0.483 e. The monoisotopic (exact) mass is 403 g/mol. The lowest BCUT2D eigenvalue weighted by atomic mass is 10.0. The number of piperazine rings is 1. The first kappa shape index (κ1) is 19.9. The average Bonchev–Trinajstić information content (AvgIpc) is 2.81. The van der Waals surface area contributed by atoms with Gasteiger partial charge in [-0.1, -0.05) is 42.5 Å². The molecule has 1 N–H and O–H groups in total. The maximum absolute atomic E-state index is 12.7. The highest BCUT2D eigenvalue weighted by Crippen LogP contribution is 2.23. The number of rotatable bonds is 5. The van der Waals surface area contributed by atoms with Crippen LogP contribution < -0.4 is 15.6 Å². The molecule has 0 radical (unpaired) electrons. The van der Waals surface area contributed by atoms with Gasteiger partial charge in [-0.2, -0.15) is 0 Å². The Morgan fingerprint density at radius 2 is 1.70 bits per heavy atom. The largest absolute Gasteiger partial charge is 0.483 e. The lowest BCUT2D eigenvalue weighted by Gasteiger charge is -2.27. The standard InChI is InChI=1S/C24H25N3O3/c1-26-16-21(15-22(24(26)29)30-17-18-5-3-2-4-6-18)19-7-9-20(10-8-19)23(28)27-13-11-25-12-14-27/h2-10,15-16,25H,11-14,17H2,1H3. The van der Waals surface area contributed by atoms with Crippen LogP contribution in [0.2, 0.25) is 0 Å². The molecule has 1 aliphatic rings. The molecule has 0 bridgehead atoms. The third-order valence-electron chi connectivity index (χ3n) is 5.26. The number of aryl methyl sites for hydroxylation is 1. The summed E-state index contributed by atoms with van der Waals surface area (Å²) in [6.07, 6.45) is 1.78. The highest BCUT2D eigenvalue weighted by atomic mass is 16.5. The zero-order chi connectivity index (χ0) is 20.9. The van der Waals surface area contributed by atoms with E-state index in [1.807, 2.05) is 59.5 Å². The summed E-state index contributed by atoms with van der Waals surface area (Å²) in [7, 11) is 1.71. The molecule has 0 spiro atoms. The van der Waals surface area contributed by atoms with Crippen molar-refractivity contribution in [1.82, 2.24) is 14.8 Å². The molecule has 0 unspecified atom stereocenters. The SMILES string of the molecule is Cn1cc(-c2ccc(C(=O)N3CCNCC3)cc2)cc(OCc2ccccc2)c1=O. The topological polar surface area (TPSA) is 63.6 Å². The van der Waals surface area contributed by atoms with Gasteiger partial charge in [0.25, 0.3) is 11.5 Å². The fourth-order valence-electron chi connectivity index (χ4n) is 3.53. The summed E-state index contributed by atoms with van der Waals surface area (Å²) in [5.74, 6) is 0.357. The third-order valence-corrected chi connectivity index (χ3v) is 5.26. The maximum atomic E-state index is 12.7. The molecule has 1 amide bonds. The Hall–Kier alpha value is -3.38. The molecule has 3 aromatic rings. The number of hydrogen-bond acceptors (Lipinski definition) is 4. The van der Waals surface area contributed by atoms with Crippen molar-refractivity contribution in [3.8, 4) is 16.9 Å². The molecule has 30 heavy (non-hydrogen) atoms.